The second kappa shape index (κ2) is 7.07. The molecule has 116 valence electrons. The number of nitrogens with two attached hydrogens (primary N) is 1. The number of nitrogens with one attached hydrogen (secondary N) is 1. The Kier molecular flexibility index (Phi) is 5.39. The van der Waals surface area contributed by atoms with Crippen LogP contribution in [-0.2, 0) is 16.0 Å². The van der Waals surface area contributed by atoms with Gasteiger partial charge in [-0.25, -0.2) is 0 Å². The number of amides is 2. The van der Waals surface area contributed by atoms with Crippen LogP contribution in [0, 0.1) is 19.8 Å². The molecule has 2 atom stereocenters. The van der Waals surface area contributed by atoms with E-state index in [1.165, 1.54) is 15.3 Å². The number of hydrogen-bond donors (Lipinski definition) is 2. The quantitative estimate of drug-likeness (QED) is 0.847. The molecule has 5 heteroatoms. The van der Waals surface area contributed by atoms with Gasteiger partial charge in [-0.1, -0.05) is 6.42 Å². The van der Waals surface area contributed by atoms with Gasteiger partial charge < -0.3 is 11.1 Å². The van der Waals surface area contributed by atoms with Crippen molar-refractivity contribution in [2.24, 2.45) is 11.7 Å². The van der Waals surface area contributed by atoms with Crippen LogP contribution >= 0.6 is 11.3 Å². The molecule has 0 aliphatic heterocycles. The van der Waals surface area contributed by atoms with Crippen molar-refractivity contribution in [2.75, 3.05) is 0 Å². The Morgan fingerprint density at radius 1 is 1.38 bits per heavy atom. The molecule has 1 saturated carbocycles. The largest absolute Gasteiger partial charge is 0.369 e. The predicted molar refractivity (Wildman–Crippen MR) is 85.2 cm³/mol. The van der Waals surface area contributed by atoms with E-state index in [1.807, 2.05) is 0 Å². The Labute approximate surface area is 130 Å². The maximum absolute atomic E-state index is 12.0. The minimum atomic E-state index is -0.290. The van der Waals surface area contributed by atoms with Gasteiger partial charge in [-0.2, -0.15) is 0 Å². The first-order chi connectivity index (χ1) is 9.97. The van der Waals surface area contributed by atoms with Crippen LogP contribution in [0.4, 0.5) is 0 Å². The predicted octanol–water partition coefficient (Wildman–Crippen LogP) is 2.46. The Balaban J connectivity index is 1.75. The zero-order valence-electron chi connectivity index (χ0n) is 12.8. The van der Waals surface area contributed by atoms with Gasteiger partial charge in [0, 0.05) is 22.2 Å². The molecule has 0 saturated heterocycles. The average molecular weight is 308 g/mol. The molecule has 3 N–H and O–H groups in total. The van der Waals surface area contributed by atoms with Crippen LogP contribution in [0.2, 0.25) is 0 Å². The number of aryl methyl sites for hydroxylation is 3. The Hall–Kier alpha value is -1.36. The number of thiophene rings is 1. The van der Waals surface area contributed by atoms with Crippen molar-refractivity contribution in [2.45, 2.75) is 58.4 Å². The summed E-state index contributed by atoms with van der Waals surface area (Å²) in [6, 6.07) is 2.15. The van der Waals surface area contributed by atoms with Gasteiger partial charge in [0.25, 0.3) is 0 Å². The first-order valence-electron chi connectivity index (χ1n) is 7.62. The van der Waals surface area contributed by atoms with E-state index >= 15 is 0 Å². The van der Waals surface area contributed by atoms with Gasteiger partial charge in [0.1, 0.15) is 0 Å². The molecule has 2 rings (SSSR count). The van der Waals surface area contributed by atoms with E-state index in [4.69, 9.17) is 5.73 Å². The number of carbonyl (C=O) groups excluding carboxylic acids is 2. The molecule has 21 heavy (non-hydrogen) atoms. The summed E-state index contributed by atoms with van der Waals surface area (Å²) in [6.45, 7) is 4.24. The van der Waals surface area contributed by atoms with Crippen LogP contribution in [0.5, 0.6) is 0 Å². The smallest absolute Gasteiger partial charge is 0.222 e. The first-order valence-corrected chi connectivity index (χ1v) is 8.43. The molecule has 0 unspecified atom stereocenters. The Morgan fingerprint density at radius 3 is 2.76 bits per heavy atom. The van der Waals surface area contributed by atoms with Crippen molar-refractivity contribution in [3.63, 3.8) is 0 Å². The third-order valence-corrected chi connectivity index (χ3v) is 5.23. The molecular weight excluding hydrogens is 284 g/mol. The highest BCUT2D eigenvalue weighted by atomic mass is 32.1. The molecule has 1 aromatic rings. The van der Waals surface area contributed by atoms with E-state index in [1.54, 1.807) is 11.3 Å². The maximum atomic E-state index is 12.0. The van der Waals surface area contributed by atoms with Crippen molar-refractivity contribution in [3.8, 4) is 0 Å². The third-order valence-electron chi connectivity index (χ3n) is 4.22. The van der Waals surface area contributed by atoms with Gasteiger partial charge in [-0.05, 0) is 51.2 Å². The monoisotopic (exact) mass is 308 g/mol. The summed E-state index contributed by atoms with van der Waals surface area (Å²) >= 11 is 1.81. The first kappa shape index (κ1) is 16.0. The van der Waals surface area contributed by atoms with E-state index in [2.05, 4.69) is 25.2 Å². The maximum Gasteiger partial charge on any atom is 0.222 e. The van der Waals surface area contributed by atoms with Crippen molar-refractivity contribution in [3.05, 3.63) is 21.4 Å². The van der Waals surface area contributed by atoms with E-state index in [0.717, 1.165) is 32.1 Å². The summed E-state index contributed by atoms with van der Waals surface area (Å²) < 4.78 is 0. The van der Waals surface area contributed by atoms with Crippen LogP contribution in [0.3, 0.4) is 0 Å². The average Bonchev–Trinajstić information content (AvgIpc) is 2.96. The number of hydrogen-bond acceptors (Lipinski definition) is 3. The Morgan fingerprint density at radius 2 is 2.14 bits per heavy atom. The van der Waals surface area contributed by atoms with Gasteiger partial charge >= 0.3 is 0 Å². The molecule has 1 heterocycles. The minimum absolute atomic E-state index is 0.0396. The summed E-state index contributed by atoms with van der Waals surface area (Å²) in [7, 11) is 0. The molecule has 4 nitrogen and oxygen atoms in total. The second-order valence-electron chi connectivity index (χ2n) is 5.91. The van der Waals surface area contributed by atoms with Crippen LogP contribution < -0.4 is 11.1 Å². The lowest BCUT2D eigenvalue weighted by atomic mass is 10.0. The summed E-state index contributed by atoms with van der Waals surface area (Å²) in [4.78, 5) is 26.0. The Bertz CT molecular complexity index is 524. The van der Waals surface area contributed by atoms with Crippen molar-refractivity contribution < 1.29 is 9.59 Å². The van der Waals surface area contributed by atoms with Gasteiger partial charge in [0.15, 0.2) is 0 Å². The minimum Gasteiger partial charge on any atom is -0.369 e. The fraction of sp³-hybridized carbons (Fsp3) is 0.625. The fourth-order valence-electron chi connectivity index (χ4n) is 3.12. The number of rotatable bonds is 6. The van der Waals surface area contributed by atoms with Crippen LogP contribution in [0.15, 0.2) is 6.07 Å². The standard InChI is InChI=1S/C16H24N2O2S/c1-10-9-12(11(2)21-10)5-3-8-15(19)18-14-7-4-6-13(14)16(17)20/h9,13-14H,3-8H2,1-2H3,(H2,17,20)(H,18,19)/t13-,14-/m0/s1. The molecule has 1 aliphatic carbocycles. The highest BCUT2D eigenvalue weighted by Gasteiger charge is 2.32. The molecular formula is C16H24N2O2S. The van der Waals surface area contributed by atoms with Crippen molar-refractivity contribution >= 4 is 23.2 Å². The summed E-state index contributed by atoms with van der Waals surface area (Å²) in [5, 5.41) is 2.98. The molecule has 1 aromatic heterocycles. The lowest BCUT2D eigenvalue weighted by Crippen LogP contribution is -2.42. The molecule has 1 aliphatic rings. The number of carbonyl (C=O) groups is 2. The summed E-state index contributed by atoms with van der Waals surface area (Å²) in [6.07, 6.45) is 4.92. The summed E-state index contributed by atoms with van der Waals surface area (Å²) in [5.41, 5.74) is 6.72. The van der Waals surface area contributed by atoms with E-state index in [9.17, 15) is 9.59 Å². The lowest BCUT2D eigenvalue weighted by molar-refractivity contribution is -0.124. The van der Waals surface area contributed by atoms with Gasteiger partial charge in [-0.15, -0.1) is 11.3 Å². The topological polar surface area (TPSA) is 72.2 Å². The zero-order chi connectivity index (χ0) is 15.4. The van der Waals surface area contributed by atoms with E-state index in [0.29, 0.717) is 6.42 Å². The van der Waals surface area contributed by atoms with Crippen molar-refractivity contribution in [1.82, 2.24) is 5.32 Å². The molecule has 1 fully saturated rings. The molecule has 0 bridgehead atoms. The zero-order valence-corrected chi connectivity index (χ0v) is 13.6. The van der Waals surface area contributed by atoms with E-state index < -0.39 is 0 Å². The van der Waals surface area contributed by atoms with Crippen LogP contribution in [0.1, 0.15) is 47.4 Å². The highest BCUT2D eigenvalue weighted by Crippen LogP contribution is 2.25. The lowest BCUT2D eigenvalue weighted by Gasteiger charge is -2.18. The van der Waals surface area contributed by atoms with Gasteiger partial charge in [0.05, 0.1) is 5.92 Å². The third kappa shape index (κ3) is 4.30. The molecule has 2 amide bonds. The van der Waals surface area contributed by atoms with Gasteiger partial charge in [-0.3, -0.25) is 9.59 Å². The summed E-state index contributed by atoms with van der Waals surface area (Å²) in [5.74, 6) is -0.435. The normalized spacial score (nSPS) is 21.4. The van der Waals surface area contributed by atoms with Gasteiger partial charge in [0.2, 0.25) is 11.8 Å². The molecule has 0 radical (unpaired) electrons. The highest BCUT2D eigenvalue weighted by molar-refractivity contribution is 7.12. The van der Waals surface area contributed by atoms with E-state index in [-0.39, 0.29) is 23.8 Å². The molecule has 0 aromatic carbocycles. The van der Waals surface area contributed by atoms with Crippen molar-refractivity contribution in [1.29, 1.82) is 0 Å². The molecule has 0 spiro atoms. The van der Waals surface area contributed by atoms with Crippen LogP contribution in [-0.4, -0.2) is 17.9 Å². The number of primary amides is 1. The fourth-order valence-corrected chi connectivity index (χ4v) is 4.10. The second-order valence-corrected chi connectivity index (χ2v) is 7.37. The van der Waals surface area contributed by atoms with Crippen LogP contribution in [0.25, 0.3) is 0 Å². The SMILES string of the molecule is Cc1cc(CCCC(=O)N[C@H]2CCC[C@@H]2C(N)=O)c(C)s1.